The molecule has 2 aromatic heterocycles. The van der Waals surface area contributed by atoms with Crippen molar-refractivity contribution in [2.24, 2.45) is 5.92 Å². The van der Waals surface area contributed by atoms with Crippen molar-refractivity contribution in [2.75, 3.05) is 0 Å². The predicted molar refractivity (Wildman–Crippen MR) is 70.4 cm³/mol. The fourth-order valence-corrected chi connectivity index (χ4v) is 1.68. The van der Waals surface area contributed by atoms with Gasteiger partial charge >= 0.3 is 0 Å². The Morgan fingerprint density at radius 2 is 2.00 bits per heavy atom. The molecular weight excluding hydrogens is 242 g/mol. The highest BCUT2D eigenvalue weighted by molar-refractivity contribution is 5.92. The van der Waals surface area contributed by atoms with Gasteiger partial charge in [0.15, 0.2) is 0 Å². The van der Waals surface area contributed by atoms with Crippen LogP contribution in [0, 0.1) is 5.92 Å². The first-order valence-corrected chi connectivity index (χ1v) is 6.23. The van der Waals surface area contributed by atoms with Gasteiger partial charge in [0.2, 0.25) is 0 Å². The standard InChI is InChI=1S/C13H17N5O/c1-10(2)12(9-18-15-7-8-16-18)17-13(19)11-5-3-4-6-14-11/h3-8,10,12H,9H2,1-2H3,(H,17,19). The van der Waals surface area contributed by atoms with E-state index in [9.17, 15) is 4.79 Å². The Labute approximate surface area is 111 Å². The van der Waals surface area contributed by atoms with E-state index in [0.29, 0.717) is 12.2 Å². The molecule has 19 heavy (non-hydrogen) atoms. The molecule has 0 spiro atoms. The third-order valence-corrected chi connectivity index (χ3v) is 2.85. The summed E-state index contributed by atoms with van der Waals surface area (Å²) in [6.07, 6.45) is 4.85. The van der Waals surface area contributed by atoms with Crippen molar-refractivity contribution in [3.05, 3.63) is 42.5 Å². The zero-order chi connectivity index (χ0) is 13.7. The second-order valence-electron chi connectivity index (χ2n) is 4.62. The topological polar surface area (TPSA) is 72.7 Å². The van der Waals surface area contributed by atoms with Crippen molar-refractivity contribution in [3.63, 3.8) is 0 Å². The minimum Gasteiger partial charge on any atom is -0.346 e. The SMILES string of the molecule is CC(C)C(Cn1nccn1)NC(=O)c1ccccn1. The van der Waals surface area contributed by atoms with Crippen molar-refractivity contribution < 1.29 is 4.79 Å². The van der Waals surface area contributed by atoms with Crippen LogP contribution in [0.2, 0.25) is 0 Å². The van der Waals surface area contributed by atoms with E-state index >= 15 is 0 Å². The number of amides is 1. The normalized spacial score (nSPS) is 12.4. The van der Waals surface area contributed by atoms with E-state index in [2.05, 4.69) is 20.5 Å². The van der Waals surface area contributed by atoms with Gasteiger partial charge in [0.05, 0.1) is 25.0 Å². The lowest BCUT2D eigenvalue weighted by molar-refractivity contribution is 0.0912. The van der Waals surface area contributed by atoms with Gasteiger partial charge in [-0.05, 0) is 18.1 Å². The van der Waals surface area contributed by atoms with E-state index in [4.69, 9.17) is 0 Å². The fourth-order valence-electron chi connectivity index (χ4n) is 1.68. The summed E-state index contributed by atoms with van der Waals surface area (Å²) in [4.78, 5) is 17.7. The summed E-state index contributed by atoms with van der Waals surface area (Å²) < 4.78 is 0. The van der Waals surface area contributed by atoms with Gasteiger partial charge in [0.25, 0.3) is 5.91 Å². The van der Waals surface area contributed by atoms with Gasteiger partial charge in [-0.25, -0.2) is 0 Å². The van der Waals surface area contributed by atoms with Crippen molar-refractivity contribution in [1.82, 2.24) is 25.3 Å². The molecule has 100 valence electrons. The highest BCUT2D eigenvalue weighted by Crippen LogP contribution is 2.05. The van der Waals surface area contributed by atoms with Gasteiger partial charge in [-0.15, -0.1) is 0 Å². The molecule has 0 radical (unpaired) electrons. The van der Waals surface area contributed by atoms with E-state index in [1.807, 2.05) is 13.8 Å². The van der Waals surface area contributed by atoms with Crippen LogP contribution < -0.4 is 5.32 Å². The van der Waals surface area contributed by atoms with Crippen LogP contribution in [0.3, 0.4) is 0 Å². The zero-order valence-corrected chi connectivity index (χ0v) is 11.0. The quantitative estimate of drug-likeness (QED) is 0.873. The van der Waals surface area contributed by atoms with Gasteiger partial charge in [0, 0.05) is 6.20 Å². The van der Waals surface area contributed by atoms with Crippen LogP contribution in [-0.2, 0) is 6.54 Å². The summed E-state index contributed by atoms with van der Waals surface area (Å²) in [5, 5.41) is 11.1. The number of nitrogens with one attached hydrogen (secondary N) is 1. The van der Waals surface area contributed by atoms with Crippen LogP contribution in [-0.4, -0.2) is 31.9 Å². The number of carbonyl (C=O) groups is 1. The molecule has 1 unspecified atom stereocenters. The molecule has 0 aromatic carbocycles. The Bertz CT molecular complexity index is 509. The molecule has 1 N–H and O–H groups in total. The number of rotatable bonds is 5. The summed E-state index contributed by atoms with van der Waals surface area (Å²) in [6.45, 7) is 4.64. The Hall–Kier alpha value is -2.24. The molecule has 2 aromatic rings. The first-order valence-electron chi connectivity index (χ1n) is 6.23. The Kier molecular flexibility index (Phi) is 4.22. The molecule has 0 fully saturated rings. The molecule has 0 aliphatic rings. The number of carbonyl (C=O) groups excluding carboxylic acids is 1. The van der Waals surface area contributed by atoms with Gasteiger partial charge in [-0.2, -0.15) is 15.0 Å². The number of hydrogen-bond acceptors (Lipinski definition) is 4. The minimum absolute atomic E-state index is 0.0399. The lowest BCUT2D eigenvalue weighted by Gasteiger charge is -2.21. The lowest BCUT2D eigenvalue weighted by Crippen LogP contribution is -2.42. The molecule has 6 nitrogen and oxygen atoms in total. The molecule has 0 saturated heterocycles. The summed E-state index contributed by atoms with van der Waals surface area (Å²) in [5.41, 5.74) is 0.418. The third kappa shape index (κ3) is 3.61. The smallest absolute Gasteiger partial charge is 0.270 e. The maximum Gasteiger partial charge on any atom is 0.270 e. The van der Waals surface area contributed by atoms with Gasteiger partial charge in [-0.1, -0.05) is 19.9 Å². The summed E-state index contributed by atoms with van der Waals surface area (Å²) in [5.74, 6) is 0.102. The van der Waals surface area contributed by atoms with Crippen molar-refractivity contribution in [3.8, 4) is 0 Å². The summed E-state index contributed by atoms with van der Waals surface area (Å²) in [7, 11) is 0. The molecule has 2 heterocycles. The largest absolute Gasteiger partial charge is 0.346 e. The Morgan fingerprint density at radius 1 is 1.26 bits per heavy atom. The molecule has 1 amide bonds. The van der Waals surface area contributed by atoms with E-state index in [0.717, 1.165) is 0 Å². The van der Waals surface area contributed by atoms with E-state index in [1.54, 1.807) is 41.6 Å². The summed E-state index contributed by atoms with van der Waals surface area (Å²) in [6, 6.07) is 5.23. The lowest BCUT2D eigenvalue weighted by atomic mass is 10.0. The van der Waals surface area contributed by atoms with E-state index in [1.165, 1.54) is 0 Å². The first-order chi connectivity index (χ1) is 9.16. The fraction of sp³-hybridized carbons (Fsp3) is 0.385. The van der Waals surface area contributed by atoms with Crippen molar-refractivity contribution in [1.29, 1.82) is 0 Å². The molecule has 1 atom stereocenters. The Balaban J connectivity index is 2.03. The third-order valence-electron chi connectivity index (χ3n) is 2.85. The highest BCUT2D eigenvalue weighted by Gasteiger charge is 2.18. The molecule has 0 saturated carbocycles. The number of pyridine rings is 1. The first kappa shape index (κ1) is 13.2. The van der Waals surface area contributed by atoms with Gasteiger partial charge in [-0.3, -0.25) is 9.78 Å². The van der Waals surface area contributed by atoms with Crippen LogP contribution in [0.25, 0.3) is 0 Å². The molecule has 2 rings (SSSR count). The average Bonchev–Trinajstić information content (AvgIpc) is 2.91. The predicted octanol–water partition coefficient (Wildman–Crippen LogP) is 1.13. The molecule has 0 bridgehead atoms. The molecule has 0 aliphatic carbocycles. The summed E-state index contributed by atoms with van der Waals surface area (Å²) >= 11 is 0. The maximum atomic E-state index is 12.1. The van der Waals surface area contributed by atoms with Crippen molar-refractivity contribution in [2.45, 2.75) is 26.4 Å². The second-order valence-corrected chi connectivity index (χ2v) is 4.62. The maximum absolute atomic E-state index is 12.1. The van der Waals surface area contributed by atoms with Crippen LogP contribution in [0.4, 0.5) is 0 Å². The molecular formula is C13H17N5O. The zero-order valence-electron chi connectivity index (χ0n) is 11.0. The van der Waals surface area contributed by atoms with Gasteiger partial charge in [0.1, 0.15) is 5.69 Å². The average molecular weight is 259 g/mol. The van der Waals surface area contributed by atoms with E-state index < -0.39 is 0 Å². The van der Waals surface area contributed by atoms with Crippen LogP contribution in [0.5, 0.6) is 0 Å². The Morgan fingerprint density at radius 3 is 2.58 bits per heavy atom. The monoisotopic (exact) mass is 259 g/mol. The van der Waals surface area contributed by atoms with Gasteiger partial charge < -0.3 is 5.32 Å². The second kappa shape index (κ2) is 6.08. The molecule has 6 heteroatoms. The number of nitrogens with zero attached hydrogens (tertiary/aromatic N) is 4. The van der Waals surface area contributed by atoms with Crippen LogP contribution >= 0.6 is 0 Å². The number of aromatic nitrogens is 4. The van der Waals surface area contributed by atoms with Crippen molar-refractivity contribution >= 4 is 5.91 Å². The number of hydrogen-bond donors (Lipinski definition) is 1. The van der Waals surface area contributed by atoms with Crippen LogP contribution in [0.15, 0.2) is 36.8 Å². The molecule has 0 aliphatic heterocycles. The van der Waals surface area contributed by atoms with E-state index in [-0.39, 0.29) is 17.9 Å². The highest BCUT2D eigenvalue weighted by atomic mass is 16.1. The van der Waals surface area contributed by atoms with Crippen LogP contribution in [0.1, 0.15) is 24.3 Å². The minimum atomic E-state index is -0.175.